The third-order valence-corrected chi connectivity index (χ3v) is 5.76. The Morgan fingerprint density at radius 2 is 1.81 bits per heavy atom. The minimum atomic E-state index is -0.592. The number of carbonyl (C=O) groups is 2. The van der Waals surface area contributed by atoms with Crippen LogP contribution in [-0.2, 0) is 22.5 Å². The molecule has 2 aliphatic rings. The lowest BCUT2D eigenvalue weighted by atomic mass is 9.94. The standard InChI is InChI=1S/C25H29N3O4/c1-3-31-20-11-9-18(10-12-20)23-22(24(29)32-4-2)21(26-25(30)27-23)16-28-14-13-17-7-5-6-8-19(17)15-28/h5-12,23H,3-4,13-16H2,1-2H3,(H2,26,27,30). The average molecular weight is 436 g/mol. The van der Waals surface area contributed by atoms with Gasteiger partial charge in [-0.2, -0.15) is 0 Å². The molecule has 2 N–H and O–H groups in total. The van der Waals surface area contributed by atoms with Crippen LogP contribution < -0.4 is 15.4 Å². The molecule has 7 heteroatoms. The lowest BCUT2D eigenvalue weighted by Crippen LogP contribution is -2.49. The van der Waals surface area contributed by atoms with Crippen molar-refractivity contribution in [3.8, 4) is 5.75 Å². The van der Waals surface area contributed by atoms with Gasteiger partial charge in [0, 0.05) is 25.3 Å². The molecular formula is C25H29N3O4. The van der Waals surface area contributed by atoms with Crippen LogP contribution in [0.3, 0.4) is 0 Å². The molecule has 2 aromatic carbocycles. The van der Waals surface area contributed by atoms with Crippen molar-refractivity contribution in [2.45, 2.75) is 32.9 Å². The summed E-state index contributed by atoms with van der Waals surface area (Å²) in [5, 5.41) is 5.76. The van der Waals surface area contributed by atoms with Gasteiger partial charge in [-0.25, -0.2) is 9.59 Å². The number of hydrogen-bond acceptors (Lipinski definition) is 5. The zero-order chi connectivity index (χ0) is 22.5. The quantitative estimate of drug-likeness (QED) is 0.653. The fourth-order valence-corrected chi connectivity index (χ4v) is 4.28. The van der Waals surface area contributed by atoms with Crippen LogP contribution in [0.25, 0.3) is 0 Å². The van der Waals surface area contributed by atoms with Gasteiger partial charge < -0.3 is 20.1 Å². The Morgan fingerprint density at radius 1 is 1.06 bits per heavy atom. The second-order valence-electron chi connectivity index (χ2n) is 7.88. The number of nitrogens with one attached hydrogen (secondary N) is 2. The van der Waals surface area contributed by atoms with Gasteiger partial charge in [-0.3, -0.25) is 4.90 Å². The topological polar surface area (TPSA) is 79.9 Å². The molecule has 2 aliphatic heterocycles. The summed E-state index contributed by atoms with van der Waals surface area (Å²) in [6, 6.07) is 14.9. The van der Waals surface area contributed by atoms with Crippen molar-refractivity contribution in [2.24, 2.45) is 0 Å². The molecule has 7 nitrogen and oxygen atoms in total. The van der Waals surface area contributed by atoms with E-state index in [2.05, 4.69) is 33.7 Å². The normalized spacial score (nSPS) is 18.4. The molecule has 0 fully saturated rings. The first-order valence-corrected chi connectivity index (χ1v) is 11.1. The molecule has 0 spiro atoms. The van der Waals surface area contributed by atoms with E-state index in [0.717, 1.165) is 30.8 Å². The summed E-state index contributed by atoms with van der Waals surface area (Å²) < 4.78 is 10.9. The second-order valence-corrected chi connectivity index (χ2v) is 7.88. The Bertz CT molecular complexity index is 1020. The number of ether oxygens (including phenoxy) is 2. The van der Waals surface area contributed by atoms with Gasteiger partial charge in [0.25, 0.3) is 0 Å². The smallest absolute Gasteiger partial charge is 0.338 e. The van der Waals surface area contributed by atoms with Crippen LogP contribution in [0.1, 0.15) is 36.6 Å². The van der Waals surface area contributed by atoms with Crippen molar-refractivity contribution >= 4 is 12.0 Å². The van der Waals surface area contributed by atoms with Crippen LogP contribution in [0.15, 0.2) is 59.8 Å². The number of amides is 2. The molecule has 0 aromatic heterocycles. The second kappa shape index (κ2) is 9.87. The monoisotopic (exact) mass is 435 g/mol. The largest absolute Gasteiger partial charge is 0.494 e. The Kier molecular flexibility index (Phi) is 6.75. The summed E-state index contributed by atoms with van der Waals surface area (Å²) in [5.74, 6) is 0.316. The maximum absolute atomic E-state index is 13.0. The highest BCUT2D eigenvalue weighted by molar-refractivity contribution is 5.95. The zero-order valence-corrected chi connectivity index (χ0v) is 18.5. The fraction of sp³-hybridized carbons (Fsp3) is 0.360. The predicted molar refractivity (Wildman–Crippen MR) is 121 cm³/mol. The Labute approximate surface area is 188 Å². The number of urea groups is 1. The van der Waals surface area contributed by atoms with E-state index in [1.165, 1.54) is 11.1 Å². The van der Waals surface area contributed by atoms with Crippen LogP contribution in [0.5, 0.6) is 5.75 Å². The molecule has 0 saturated heterocycles. The van der Waals surface area contributed by atoms with Crippen molar-refractivity contribution in [2.75, 3.05) is 26.3 Å². The summed E-state index contributed by atoms with van der Waals surface area (Å²) in [7, 11) is 0. The molecule has 2 amide bonds. The lowest BCUT2D eigenvalue weighted by molar-refractivity contribution is -0.139. The highest BCUT2D eigenvalue weighted by Crippen LogP contribution is 2.30. The van der Waals surface area contributed by atoms with Gasteiger partial charge in [0.15, 0.2) is 0 Å². The van der Waals surface area contributed by atoms with E-state index >= 15 is 0 Å². The molecule has 168 valence electrons. The van der Waals surface area contributed by atoms with Crippen molar-refractivity contribution in [3.63, 3.8) is 0 Å². The van der Waals surface area contributed by atoms with Gasteiger partial charge in [-0.15, -0.1) is 0 Å². The Morgan fingerprint density at radius 3 is 2.53 bits per heavy atom. The van der Waals surface area contributed by atoms with Crippen LogP contribution in [-0.4, -0.2) is 43.2 Å². The highest BCUT2D eigenvalue weighted by Gasteiger charge is 2.34. The third kappa shape index (κ3) is 4.78. The number of rotatable bonds is 7. The van der Waals surface area contributed by atoms with Crippen molar-refractivity contribution in [1.82, 2.24) is 15.5 Å². The SMILES string of the molecule is CCOC(=O)C1=C(CN2CCc3ccccc3C2)NC(=O)NC1c1ccc(OCC)cc1. The maximum atomic E-state index is 13.0. The van der Waals surface area contributed by atoms with E-state index in [1.807, 2.05) is 37.3 Å². The maximum Gasteiger partial charge on any atom is 0.338 e. The Hall–Kier alpha value is -3.32. The molecule has 0 radical (unpaired) electrons. The van der Waals surface area contributed by atoms with Gasteiger partial charge in [0.05, 0.1) is 24.8 Å². The average Bonchev–Trinajstić information content (AvgIpc) is 2.79. The van der Waals surface area contributed by atoms with E-state index in [-0.39, 0.29) is 12.6 Å². The number of fused-ring (bicyclic) bond motifs is 1. The van der Waals surface area contributed by atoms with Crippen molar-refractivity contribution in [1.29, 1.82) is 0 Å². The summed E-state index contributed by atoms with van der Waals surface area (Å²) in [6.07, 6.45) is 0.937. The summed E-state index contributed by atoms with van der Waals surface area (Å²) in [5.41, 5.74) is 4.46. The Balaban J connectivity index is 1.65. The van der Waals surface area contributed by atoms with Crippen molar-refractivity contribution < 1.29 is 19.1 Å². The number of hydrogen-bond donors (Lipinski definition) is 2. The molecular weight excluding hydrogens is 406 g/mol. The van der Waals surface area contributed by atoms with E-state index in [0.29, 0.717) is 24.4 Å². The first-order chi connectivity index (χ1) is 15.6. The molecule has 1 unspecified atom stereocenters. The third-order valence-electron chi connectivity index (χ3n) is 5.76. The van der Waals surface area contributed by atoms with E-state index in [9.17, 15) is 9.59 Å². The van der Waals surface area contributed by atoms with Crippen LogP contribution in [0.4, 0.5) is 4.79 Å². The highest BCUT2D eigenvalue weighted by atomic mass is 16.5. The molecule has 2 aromatic rings. The van der Waals surface area contributed by atoms with Gasteiger partial charge in [0.2, 0.25) is 0 Å². The molecule has 1 atom stereocenters. The van der Waals surface area contributed by atoms with Gasteiger partial charge in [-0.1, -0.05) is 36.4 Å². The number of carbonyl (C=O) groups excluding carboxylic acids is 2. The minimum absolute atomic E-state index is 0.261. The van der Waals surface area contributed by atoms with E-state index in [4.69, 9.17) is 9.47 Å². The molecule has 4 rings (SSSR count). The van der Waals surface area contributed by atoms with E-state index in [1.54, 1.807) is 6.92 Å². The predicted octanol–water partition coefficient (Wildman–Crippen LogP) is 3.31. The lowest BCUT2D eigenvalue weighted by Gasteiger charge is -2.34. The van der Waals surface area contributed by atoms with Crippen LogP contribution in [0.2, 0.25) is 0 Å². The van der Waals surface area contributed by atoms with Crippen LogP contribution >= 0.6 is 0 Å². The molecule has 2 heterocycles. The van der Waals surface area contributed by atoms with Crippen LogP contribution in [0, 0.1) is 0 Å². The van der Waals surface area contributed by atoms with Gasteiger partial charge >= 0.3 is 12.0 Å². The fourth-order valence-electron chi connectivity index (χ4n) is 4.28. The zero-order valence-electron chi connectivity index (χ0n) is 18.5. The van der Waals surface area contributed by atoms with Crippen molar-refractivity contribution in [3.05, 3.63) is 76.5 Å². The first-order valence-electron chi connectivity index (χ1n) is 11.1. The number of benzene rings is 2. The molecule has 32 heavy (non-hydrogen) atoms. The van der Waals surface area contributed by atoms with E-state index < -0.39 is 12.0 Å². The number of nitrogens with zero attached hydrogens (tertiary/aromatic N) is 1. The molecule has 0 bridgehead atoms. The number of esters is 1. The summed E-state index contributed by atoms with van der Waals surface area (Å²) in [6.45, 7) is 6.62. The minimum Gasteiger partial charge on any atom is -0.494 e. The molecule has 0 aliphatic carbocycles. The van der Waals surface area contributed by atoms with Gasteiger partial charge in [0.1, 0.15) is 5.75 Å². The first kappa shape index (κ1) is 21.9. The van der Waals surface area contributed by atoms with Gasteiger partial charge in [-0.05, 0) is 49.1 Å². The summed E-state index contributed by atoms with van der Waals surface area (Å²) >= 11 is 0. The molecule has 0 saturated carbocycles. The summed E-state index contributed by atoms with van der Waals surface area (Å²) in [4.78, 5) is 27.8.